The molecule has 0 amide bonds. The first-order valence-electron chi connectivity index (χ1n) is 4.44. The largest absolute Gasteiger partial charge is 0.328 e. The van der Waals surface area contributed by atoms with Crippen molar-refractivity contribution in [2.75, 3.05) is 0 Å². The summed E-state index contributed by atoms with van der Waals surface area (Å²) in [6, 6.07) is 1.75. The smallest absolute Gasteiger partial charge is 0.299 e. The van der Waals surface area contributed by atoms with Crippen molar-refractivity contribution in [2.45, 2.75) is 19.4 Å². The van der Waals surface area contributed by atoms with E-state index >= 15 is 0 Å². The Morgan fingerprint density at radius 3 is 2.86 bits per heavy atom. The van der Waals surface area contributed by atoms with Gasteiger partial charge in [0.2, 0.25) is 0 Å². The summed E-state index contributed by atoms with van der Waals surface area (Å²) < 4.78 is 1.40. The molecule has 1 aliphatic carbocycles. The molecule has 1 aliphatic rings. The van der Waals surface area contributed by atoms with Gasteiger partial charge in [0.25, 0.3) is 5.56 Å². The molecule has 0 radical (unpaired) electrons. The summed E-state index contributed by atoms with van der Waals surface area (Å²) in [6.45, 7) is 0.601. The monoisotopic (exact) mass is 191 g/mol. The first kappa shape index (κ1) is 8.75. The van der Waals surface area contributed by atoms with E-state index in [4.69, 9.17) is 5.26 Å². The van der Waals surface area contributed by atoms with Crippen molar-refractivity contribution >= 4 is 0 Å². The Bertz CT molecular complexity index is 502. The predicted octanol–water partition coefficient (Wildman–Crippen LogP) is -0.182. The second kappa shape index (κ2) is 3.14. The van der Waals surface area contributed by atoms with Crippen LogP contribution >= 0.6 is 0 Å². The van der Waals surface area contributed by atoms with Gasteiger partial charge in [-0.2, -0.15) is 5.26 Å². The third-order valence-electron chi connectivity index (χ3n) is 2.28. The fourth-order valence-electron chi connectivity index (χ4n) is 1.30. The fourth-order valence-corrected chi connectivity index (χ4v) is 1.30. The molecule has 1 aromatic heterocycles. The summed E-state index contributed by atoms with van der Waals surface area (Å²) in [7, 11) is 0. The van der Waals surface area contributed by atoms with E-state index in [9.17, 15) is 9.59 Å². The van der Waals surface area contributed by atoms with Gasteiger partial charge in [-0.1, -0.05) is 0 Å². The molecule has 1 N–H and O–H groups in total. The van der Waals surface area contributed by atoms with Crippen LogP contribution in [0.4, 0.5) is 0 Å². The maximum atomic E-state index is 11.3. The van der Waals surface area contributed by atoms with E-state index in [0.29, 0.717) is 12.5 Å². The Kier molecular flexibility index (Phi) is 1.97. The van der Waals surface area contributed by atoms with Gasteiger partial charge < -0.3 is 0 Å². The Morgan fingerprint density at radius 1 is 1.57 bits per heavy atom. The molecule has 5 nitrogen and oxygen atoms in total. The topological polar surface area (TPSA) is 78.7 Å². The highest BCUT2D eigenvalue weighted by Crippen LogP contribution is 2.29. The zero-order valence-corrected chi connectivity index (χ0v) is 7.49. The highest BCUT2D eigenvalue weighted by atomic mass is 16.2. The summed E-state index contributed by atoms with van der Waals surface area (Å²) in [6.07, 6.45) is 3.57. The molecule has 14 heavy (non-hydrogen) atoms. The van der Waals surface area contributed by atoms with Gasteiger partial charge in [0.15, 0.2) is 0 Å². The highest BCUT2D eigenvalue weighted by Gasteiger charge is 2.22. The van der Waals surface area contributed by atoms with E-state index in [0.717, 1.165) is 12.8 Å². The van der Waals surface area contributed by atoms with Crippen LogP contribution in [0.5, 0.6) is 0 Å². The second-order valence-electron chi connectivity index (χ2n) is 3.51. The minimum atomic E-state index is -0.607. The van der Waals surface area contributed by atoms with Crippen molar-refractivity contribution in [2.24, 2.45) is 5.92 Å². The van der Waals surface area contributed by atoms with E-state index in [2.05, 4.69) is 4.98 Å². The van der Waals surface area contributed by atoms with Crippen LogP contribution in [-0.4, -0.2) is 9.55 Å². The molecule has 1 saturated carbocycles. The standard InChI is InChI=1S/C9H9N3O2/c10-3-7-5-12(4-6-1-2-6)9(14)11-8(7)13/h5-6H,1-2,4H2,(H,11,13,14). The minimum Gasteiger partial charge on any atom is -0.299 e. The number of aromatic amines is 1. The van der Waals surface area contributed by atoms with Crippen molar-refractivity contribution in [1.82, 2.24) is 9.55 Å². The van der Waals surface area contributed by atoms with Crippen molar-refractivity contribution in [3.8, 4) is 6.07 Å². The van der Waals surface area contributed by atoms with Gasteiger partial charge in [0.05, 0.1) is 0 Å². The molecule has 0 saturated heterocycles. The third-order valence-corrected chi connectivity index (χ3v) is 2.28. The van der Waals surface area contributed by atoms with E-state index in [-0.39, 0.29) is 5.56 Å². The van der Waals surface area contributed by atoms with Crippen molar-refractivity contribution in [3.05, 3.63) is 32.6 Å². The summed E-state index contributed by atoms with van der Waals surface area (Å²) >= 11 is 0. The lowest BCUT2D eigenvalue weighted by molar-refractivity contribution is 0.588. The van der Waals surface area contributed by atoms with E-state index in [1.54, 1.807) is 6.07 Å². The molecule has 2 rings (SSSR count). The van der Waals surface area contributed by atoms with Gasteiger partial charge in [-0.15, -0.1) is 0 Å². The molecular weight excluding hydrogens is 182 g/mol. The van der Waals surface area contributed by atoms with Crippen LogP contribution in [0.2, 0.25) is 0 Å². The molecule has 0 aliphatic heterocycles. The Morgan fingerprint density at radius 2 is 2.29 bits per heavy atom. The molecule has 1 fully saturated rings. The summed E-state index contributed by atoms with van der Waals surface area (Å²) in [5, 5.41) is 8.60. The fraction of sp³-hybridized carbons (Fsp3) is 0.444. The minimum absolute atomic E-state index is 0.00903. The molecular formula is C9H9N3O2. The molecule has 72 valence electrons. The van der Waals surface area contributed by atoms with Crippen LogP contribution in [0.15, 0.2) is 15.8 Å². The summed E-state index contributed by atoms with van der Waals surface area (Å²) in [5.74, 6) is 0.533. The SMILES string of the molecule is N#Cc1cn(CC2CC2)c(=O)[nH]c1=O. The molecule has 1 aromatic rings. The van der Waals surface area contributed by atoms with Gasteiger partial charge in [0, 0.05) is 12.7 Å². The Labute approximate surface area is 79.6 Å². The van der Waals surface area contributed by atoms with Gasteiger partial charge >= 0.3 is 5.69 Å². The lowest BCUT2D eigenvalue weighted by Gasteiger charge is -2.02. The van der Waals surface area contributed by atoms with E-state index < -0.39 is 11.2 Å². The number of aromatic nitrogens is 2. The van der Waals surface area contributed by atoms with Crippen molar-refractivity contribution in [3.63, 3.8) is 0 Å². The van der Waals surface area contributed by atoms with Gasteiger partial charge in [-0.3, -0.25) is 14.3 Å². The first-order valence-corrected chi connectivity index (χ1v) is 4.44. The van der Waals surface area contributed by atoms with Crippen LogP contribution in [0.25, 0.3) is 0 Å². The number of nitrogens with zero attached hydrogens (tertiary/aromatic N) is 2. The zero-order chi connectivity index (χ0) is 10.1. The van der Waals surface area contributed by atoms with E-state index in [1.807, 2.05) is 0 Å². The van der Waals surface area contributed by atoms with Crippen molar-refractivity contribution < 1.29 is 0 Å². The van der Waals surface area contributed by atoms with E-state index in [1.165, 1.54) is 10.8 Å². The van der Waals surface area contributed by atoms with Crippen LogP contribution in [0.3, 0.4) is 0 Å². The van der Waals surface area contributed by atoms with Crippen LogP contribution in [0, 0.1) is 17.2 Å². The van der Waals surface area contributed by atoms with Crippen molar-refractivity contribution in [1.29, 1.82) is 5.26 Å². The highest BCUT2D eigenvalue weighted by molar-refractivity contribution is 5.21. The molecule has 0 atom stereocenters. The third kappa shape index (κ3) is 1.59. The molecule has 0 spiro atoms. The number of rotatable bonds is 2. The number of hydrogen-bond acceptors (Lipinski definition) is 3. The van der Waals surface area contributed by atoms with Gasteiger partial charge in [0.1, 0.15) is 11.6 Å². The van der Waals surface area contributed by atoms with Gasteiger partial charge in [-0.25, -0.2) is 4.79 Å². The maximum absolute atomic E-state index is 11.3. The predicted molar refractivity (Wildman–Crippen MR) is 48.8 cm³/mol. The number of H-pyrrole nitrogens is 1. The molecule has 1 heterocycles. The normalized spacial score (nSPS) is 15.1. The zero-order valence-electron chi connectivity index (χ0n) is 7.49. The summed E-state index contributed by atoms with van der Waals surface area (Å²) in [5.41, 5.74) is -1.05. The summed E-state index contributed by atoms with van der Waals surface area (Å²) in [4.78, 5) is 24.4. The second-order valence-corrected chi connectivity index (χ2v) is 3.51. The molecule has 0 unspecified atom stereocenters. The number of nitriles is 1. The van der Waals surface area contributed by atoms with Crippen LogP contribution in [0.1, 0.15) is 18.4 Å². The van der Waals surface area contributed by atoms with Crippen LogP contribution < -0.4 is 11.2 Å². The molecule has 0 bridgehead atoms. The number of hydrogen-bond donors (Lipinski definition) is 1. The number of nitrogens with one attached hydrogen (secondary N) is 1. The maximum Gasteiger partial charge on any atom is 0.328 e. The Balaban J connectivity index is 2.44. The lowest BCUT2D eigenvalue weighted by Crippen LogP contribution is -2.31. The lowest BCUT2D eigenvalue weighted by atomic mass is 10.3. The average molecular weight is 191 g/mol. The van der Waals surface area contributed by atoms with Gasteiger partial charge in [-0.05, 0) is 18.8 Å². The molecule has 5 heteroatoms. The first-order chi connectivity index (χ1) is 6.70. The quantitative estimate of drug-likeness (QED) is 0.704. The average Bonchev–Trinajstić information content (AvgIpc) is 2.93. The Hall–Kier alpha value is -1.83. The van der Waals surface area contributed by atoms with Crippen LogP contribution in [-0.2, 0) is 6.54 Å². The molecule has 0 aromatic carbocycles.